The molecule has 0 heterocycles. The van der Waals surface area contributed by atoms with Crippen molar-refractivity contribution in [2.75, 3.05) is 19.0 Å². The zero-order valence-corrected chi connectivity index (χ0v) is 12.7. The third-order valence-electron chi connectivity index (χ3n) is 1.78. The molecular formula is C9H25NO6P2. The standard InChI is InChI=1S/C8H19N.CH6O6P2/c1-3-5-7-9-8-6-4-2;2-8(3,4)1-9(5,6)7/h9H,3-8H2,1-2H3;1H2,(H2,2,3,4)(H2,5,6,7). The molecule has 112 valence electrons. The predicted molar refractivity (Wildman–Crippen MR) is 71.6 cm³/mol. The lowest BCUT2D eigenvalue weighted by Crippen LogP contribution is -2.15. The lowest BCUT2D eigenvalue weighted by atomic mass is 10.3. The summed E-state index contributed by atoms with van der Waals surface area (Å²) in [6.07, 6.45) is 5.26. The van der Waals surface area contributed by atoms with Gasteiger partial charge in [0, 0.05) is 0 Å². The van der Waals surface area contributed by atoms with Crippen molar-refractivity contribution < 1.29 is 28.7 Å². The van der Waals surface area contributed by atoms with E-state index in [1.54, 1.807) is 0 Å². The third-order valence-corrected chi connectivity index (χ3v) is 4.73. The molecule has 0 aliphatic rings. The molecule has 0 saturated carbocycles. The van der Waals surface area contributed by atoms with E-state index in [-0.39, 0.29) is 0 Å². The second-order valence-electron chi connectivity index (χ2n) is 3.93. The maximum Gasteiger partial charge on any atom is 0.337 e. The van der Waals surface area contributed by atoms with E-state index in [1.807, 2.05) is 0 Å². The maximum absolute atomic E-state index is 9.85. The summed E-state index contributed by atoms with van der Waals surface area (Å²) < 4.78 is 19.7. The number of nitrogens with one attached hydrogen (secondary N) is 1. The van der Waals surface area contributed by atoms with Crippen LogP contribution in [0.5, 0.6) is 0 Å². The Kier molecular flexibility index (Phi) is 12.7. The first-order valence-corrected chi connectivity index (χ1v) is 9.51. The number of rotatable bonds is 8. The van der Waals surface area contributed by atoms with Crippen LogP contribution in [0.4, 0.5) is 0 Å². The fourth-order valence-electron chi connectivity index (χ4n) is 0.969. The van der Waals surface area contributed by atoms with Gasteiger partial charge in [0.05, 0.1) is 0 Å². The Morgan fingerprint density at radius 3 is 1.33 bits per heavy atom. The molecular weight excluding hydrogens is 280 g/mol. The van der Waals surface area contributed by atoms with E-state index < -0.39 is 21.1 Å². The molecule has 0 aromatic rings. The van der Waals surface area contributed by atoms with E-state index in [9.17, 15) is 9.13 Å². The van der Waals surface area contributed by atoms with E-state index in [0.29, 0.717) is 0 Å². The largest absolute Gasteiger partial charge is 0.337 e. The van der Waals surface area contributed by atoms with Crippen LogP contribution in [-0.4, -0.2) is 38.6 Å². The smallest absolute Gasteiger partial charge is 0.324 e. The van der Waals surface area contributed by atoms with Crippen molar-refractivity contribution in [3.05, 3.63) is 0 Å². The number of hydrogen-bond donors (Lipinski definition) is 5. The molecule has 0 aromatic carbocycles. The highest BCUT2D eigenvalue weighted by atomic mass is 31.2. The molecule has 0 aliphatic carbocycles. The van der Waals surface area contributed by atoms with Crippen LogP contribution in [0, 0.1) is 0 Å². The maximum atomic E-state index is 9.85. The first-order valence-electron chi connectivity index (χ1n) is 5.92. The minimum atomic E-state index is -4.55. The van der Waals surface area contributed by atoms with Crippen molar-refractivity contribution >= 4 is 15.2 Å². The van der Waals surface area contributed by atoms with Gasteiger partial charge in [-0.15, -0.1) is 0 Å². The molecule has 0 aromatic heterocycles. The van der Waals surface area contributed by atoms with Gasteiger partial charge in [-0.3, -0.25) is 9.13 Å². The first kappa shape index (κ1) is 20.6. The molecule has 7 nitrogen and oxygen atoms in total. The Labute approximate surface area is 108 Å². The highest BCUT2D eigenvalue weighted by Crippen LogP contribution is 2.51. The summed E-state index contributed by atoms with van der Waals surface area (Å²) in [7, 11) is -9.10. The van der Waals surface area contributed by atoms with Crippen LogP contribution in [0.2, 0.25) is 0 Å². The molecule has 0 amide bonds. The molecule has 0 unspecified atom stereocenters. The molecule has 5 N–H and O–H groups in total. The first-order chi connectivity index (χ1) is 8.12. The summed E-state index contributed by atoms with van der Waals surface area (Å²) in [6.45, 7) is 6.86. The summed E-state index contributed by atoms with van der Waals surface area (Å²) in [4.78, 5) is 31.9. The predicted octanol–water partition coefficient (Wildman–Crippen LogP) is 1.48. The molecule has 0 spiro atoms. The molecule has 0 radical (unpaired) electrons. The van der Waals surface area contributed by atoms with Crippen LogP contribution >= 0.6 is 15.2 Å². The quantitative estimate of drug-likeness (QED) is 0.339. The summed E-state index contributed by atoms with van der Waals surface area (Å²) in [6, 6.07) is 0. The molecule has 0 aliphatic heterocycles. The van der Waals surface area contributed by atoms with E-state index in [2.05, 4.69) is 19.2 Å². The van der Waals surface area contributed by atoms with Gasteiger partial charge in [-0.25, -0.2) is 0 Å². The number of unbranched alkanes of at least 4 members (excludes halogenated alkanes) is 2. The minimum Gasteiger partial charge on any atom is -0.324 e. The lowest BCUT2D eigenvalue weighted by Gasteiger charge is -2.03. The monoisotopic (exact) mass is 305 g/mol. The molecule has 0 atom stereocenters. The van der Waals surface area contributed by atoms with E-state index in [0.717, 1.165) is 0 Å². The topological polar surface area (TPSA) is 127 Å². The van der Waals surface area contributed by atoms with Crippen molar-refractivity contribution in [2.45, 2.75) is 39.5 Å². The molecule has 0 bridgehead atoms. The Balaban J connectivity index is 0. The summed E-state index contributed by atoms with van der Waals surface area (Å²) in [5, 5.41) is 3.39. The van der Waals surface area contributed by atoms with Crippen LogP contribution < -0.4 is 5.32 Å². The zero-order valence-electron chi connectivity index (χ0n) is 10.9. The van der Waals surface area contributed by atoms with Crippen LogP contribution in [0.15, 0.2) is 0 Å². The van der Waals surface area contributed by atoms with Crippen LogP contribution in [0.1, 0.15) is 39.5 Å². The van der Waals surface area contributed by atoms with E-state index in [4.69, 9.17) is 19.6 Å². The van der Waals surface area contributed by atoms with Crippen molar-refractivity contribution in [3.8, 4) is 0 Å². The van der Waals surface area contributed by atoms with Gasteiger partial charge >= 0.3 is 15.2 Å². The van der Waals surface area contributed by atoms with Gasteiger partial charge in [-0.2, -0.15) is 0 Å². The Morgan fingerprint density at radius 2 is 1.17 bits per heavy atom. The zero-order chi connectivity index (χ0) is 14.7. The summed E-state index contributed by atoms with van der Waals surface area (Å²) in [5.74, 6) is -1.38. The van der Waals surface area contributed by atoms with Gasteiger partial charge in [0.15, 0.2) is 5.90 Å². The van der Waals surface area contributed by atoms with Gasteiger partial charge < -0.3 is 24.9 Å². The average molecular weight is 305 g/mol. The average Bonchev–Trinajstić information content (AvgIpc) is 2.13. The lowest BCUT2D eigenvalue weighted by molar-refractivity contribution is 0.357. The molecule has 0 saturated heterocycles. The van der Waals surface area contributed by atoms with Crippen LogP contribution in [0.25, 0.3) is 0 Å². The summed E-state index contributed by atoms with van der Waals surface area (Å²) in [5.41, 5.74) is 0. The minimum absolute atomic E-state index is 1.20. The third kappa shape index (κ3) is 25.2. The van der Waals surface area contributed by atoms with Crippen LogP contribution in [0.3, 0.4) is 0 Å². The Hall–Kier alpha value is 0.260. The van der Waals surface area contributed by atoms with Gasteiger partial charge in [0.2, 0.25) is 0 Å². The second kappa shape index (κ2) is 11.1. The van der Waals surface area contributed by atoms with Gasteiger partial charge in [0.1, 0.15) is 0 Å². The van der Waals surface area contributed by atoms with Crippen molar-refractivity contribution in [1.82, 2.24) is 5.32 Å². The van der Waals surface area contributed by atoms with Crippen molar-refractivity contribution in [1.29, 1.82) is 0 Å². The highest BCUT2D eigenvalue weighted by Gasteiger charge is 2.26. The molecule has 18 heavy (non-hydrogen) atoms. The molecule has 9 heteroatoms. The summed E-state index contributed by atoms with van der Waals surface area (Å²) >= 11 is 0. The van der Waals surface area contributed by atoms with Crippen LogP contribution in [-0.2, 0) is 9.13 Å². The second-order valence-corrected chi connectivity index (χ2v) is 7.72. The van der Waals surface area contributed by atoms with Gasteiger partial charge in [0.25, 0.3) is 0 Å². The normalized spacial score (nSPS) is 11.9. The fraction of sp³-hybridized carbons (Fsp3) is 1.00. The Bertz CT molecular complexity index is 248. The molecule has 0 fully saturated rings. The van der Waals surface area contributed by atoms with Crippen molar-refractivity contribution in [3.63, 3.8) is 0 Å². The van der Waals surface area contributed by atoms with Gasteiger partial charge in [-0.1, -0.05) is 26.7 Å². The number of hydrogen-bond acceptors (Lipinski definition) is 3. The molecule has 0 rings (SSSR count). The van der Waals surface area contributed by atoms with Crippen molar-refractivity contribution in [2.24, 2.45) is 0 Å². The SMILES string of the molecule is CCCCNCCCC.O=P(O)(O)CP(=O)(O)O. The van der Waals surface area contributed by atoms with E-state index in [1.165, 1.54) is 38.8 Å². The Morgan fingerprint density at radius 1 is 0.833 bits per heavy atom. The van der Waals surface area contributed by atoms with E-state index >= 15 is 0 Å². The highest BCUT2D eigenvalue weighted by molar-refractivity contribution is 7.69. The fourth-order valence-corrected chi connectivity index (χ4v) is 2.89. The van der Waals surface area contributed by atoms with Gasteiger partial charge in [-0.05, 0) is 25.9 Å².